The Balaban J connectivity index is 1.53. The molecule has 6 nitrogen and oxygen atoms in total. The summed E-state index contributed by atoms with van der Waals surface area (Å²) in [7, 11) is 0. The van der Waals surface area contributed by atoms with Gasteiger partial charge in [-0.2, -0.15) is 0 Å². The number of amides is 1. The molecule has 0 aliphatic carbocycles. The van der Waals surface area contributed by atoms with Gasteiger partial charge in [0.15, 0.2) is 17.1 Å². The summed E-state index contributed by atoms with van der Waals surface area (Å²) >= 11 is 0. The van der Waals surface area contributed by atoms with Crippen LogP contribution in [0, 0.1) is 13.8 Å². The summed E-state index contributed by atoms with van der Waals surface area (Å²) in [5.41, 5.74) is 4.17. The zero-order chi connectivity index (χ0) is 17.4. The van der Waals surface area contributed by atoms with Gasteiger partial charge in [0.1, 0.15) is 18.9 Å². The lowest BCUT2D eigenvalue weighted by Crippen LogP contribution is -2.17. The molecule has 1 aliphatic heterocycles. The van der Waals surface area contributed by atoms with Crippen LogP contribution in [-0.4, -0.2) is 24.3 Å². The molecule has 1 amide bonds. The minimum absolute atomic E-state index is 0.144. The van der Waals surface area contributed by atoms with Gasteiger partial charge in [-0.3, -0.25) is 4.79 Å². The Labute approximate surface area is 144 Å². The van der Waals surface area contributed by atoms with Gasteiger partial charge in [0.25, 0.3) is 0 Å². The zero-order valence-electron chi connectivity index (χ0n) is 14.1. The number of benzene rings is 2. The van der Waals surface area contributed by atoms with Crippen LogP contribution < -0.4 is 14.8 Å². The first-order valence-electron chi connectivity index (χ1n) is 8.15. The van der Waals surface area contributed by atoms with Gasteiger partial charge in [-0.05, 0) is 43.2 Å². The summed E-state index contributed by atoms with van der Waals surface area (Å²) < 4.78 is 16.4. The van der Waals surface area contributed by atoms with E-state index in [9.17, 15) is 4.79 Å². The van der Waals surface area contributed by atoms with E-state index in [0.29, 0.717) is 41.7 Å². The minimum Gasteiger partial charge on any atom is -0.486 e. The van der Waals surface area contributed by atoms with Crippen LogP contribution in [0.4, 0.5) is 5.69 Å². The summed E-state index contributed by atoms with van der Waals surface area (Å²) in [6.07, 6.45) is 0.144. The van der Waals surface area contributed by atoms with E-state index in [1.54, 1.807) is 18.2 Å². The Kier molecular flexibility index (Phi) is 3.80. The molecule has 128 valence electrons. The maximum Gasteiger partial charge on any atom is 0.230 e. The van der Waals surface area contributed by atoms with Gasteiger partial charge in [0.05, 0.1) is 6.42 Å². The van der Waals surface area contributed by atoms with Crippen LogP contribution in [-0.2, 0) is 11.2 Å². The normalized spacial score (nSPS) is 13.0. The predicted molar refractivity (Wildman–Crippen MR) is 93.2 cm³/mol. The molecule has 0 fully saturated rings. The van der Waals surface area contributed by atoms with Gasteiger partial charge >= 0.3 is 0 Å². The SMILES string of the molecule is Cc1cc(C)c2c(CC(=O)Nc3ccc4c(c3)OCCO4)noc2c1. The zero-order valence-corrected chi connectivity index (χ0v) is 14.1. The van der Waals surface area contributed by atoms with Gasteiger partial charge in [-0.25, -0.2) is 0 Å². The number of aromatic nitrogens is 1. The number of hydrogen-bond donors (Lipinski definition) is 1. The second-order valence-electron chi connectivity index (χ2n) is 6.17. The van der Waals surface area contributed by atoms with E-state index in [0.717, 1.165) is 16.5 Å². The van der Waals surface area contributed by atoms with Crippen molar-refractivity contribution >= 4 is 22.6 Å². The van der Waals surface area contributed by atoms with E-state index in [-0.39, 0.29) is 12.3 Å². The van der Waals surface area contributed by atoms with E-state index in [1.165, 1.54) is 0 Å². The summed E-state index contributed by atoms with van der Waals surface area (Å²) in [4.78, 5) is 12.4. The molecule has 0 bridgehead atoms. The molecule has 2 aromatic carbocycles. The molecule has 0 radical (unpaired) electrons. The number of carbonyl (C=O) groups is 1. The predicted octanol–water partition coefficient (Wildman–Crippen LogP) is 3.40. The Hall–Kier alpha value is -3.02. The lowest BCUT2D eigenvalue weighted by Gasteiger charge is -2.18. The Bertz CT molecular complexity index is 961. The lowest BCUT2D eigenvalue weighted by atomic mass is 10.0. The number of nitrogens with zero attached hydrogens (tertiary/aromatic N) is 1. The van der Waals surface area contributed by atoms with Crippen molar-refractivity contribution in [3.05, 3.63) is 47.2 Å². The number of ether oxygens (including phenoxy) is 2. The van der Waals surface area contributed by atoms with E-state index in [4.69, 9.17) is 14.0 Å². The molecular weight excluding hydrogens is 320 g/mol. The number of aryl methyl sites for hydroxylation is 2. The highest BCUT2D eigenvalue weighted by molar-refractivity contribution is 5.95. The van der Waals surface area contributed by atoms with Crippen molar-refractivity contribution in [3.8, 4) is 11.5 Å². The van der Waals surface area contributed by atoms with Crippen molar-refractivity contribution in [1.82, 2.24) is 5.16 Å². The summed E-state index contributed by atoms with van der Waals surface area (Å²) in [6.45, 7) is 5.04. The molecule has 1 N–H and O–H groups in total. The first kappa shape index (κ1) is 15.5. The number of rotatable bonds is 3. The second-order valence-corrected chi connectivity index (χ2v) is 6.17. The number of fused-ring (bicyclic) bond motifs is 2. The van der Waals surface area contributed by atoms with Crippen molar-refractivity contribution in [2.75, 3.05) is 18.5 Å². The van der Waals surface area contributed by atoms with Crippen LogP contribution in [0.1, 0.15) is 16.8 Å². The van der Waals surface area contributed by atoms with Crippen molar-refractivity contribution in [1.29, 1.82) is 0 Å². The maximum absolute atomic E-state index is 12.4. The number of carbonyl (C=O) groups excluding carboxylic acids is 1. The van der Waals surface area contributed by atoms with Crippen molar-refractivity contribution < 1.29 is 18.8 Å². The molecule has 1 aromatic heterocycles. The van der Waals surface area contributed by atoms with Gasteiger partial charge < -0.3 is 19.3 Å². The summed E-state index contributed by atoms with van der Waals surface area (Å²) in [5, 5.41) is 7.84. The molecule has 0 saturated heterocycles. The Morgan fingerprint density at radius 3 is 2.76 bits per heavy atom. The van der Waals surface area contributed by atoms with Crippen molar-refractivity contribution in [2.24, 2.45) is 0 Å². The third kappa shape index (κ3) is 3.03. The van der Waals surface area contributed by atoms with Crippen molar-refractivity contribution in [2.45, 2.75) is 20.3 Å². The van der Waals surface area contributed by atoms with E-state index in [1.807, 2.05) is 19.9 Å². The fourth-order valence-electron chi connectivity index (χ4n) is 3.12. The molecule has 0 unspecified atom stereocenters. The Morgan fingerprint density at radius 1 is 1.12 bits per heavy atom. The monoisotopic (exact) mass is 338 g/mol. The molecule has 25 heavy (non-hydrogen) atoms. The molecule has 0 spiro atoms. The molecule has 0 saturated carbocycles. The highest BCUT2D eigenvalue weighted by atomic mass is 16.6. The lowest BCUT2D eigenvalue weighted by molar-refractivity contribution is -0.115. The van der Waals surface area contributed by atoms with Crippen LogP contribution >= 0.6 is 0 Å². The molecule has 3 aromatic rings. The first-order valence-corrected chi connectivity index (χ1v) is 8.15. The fourth-order valence-corrected chi connectivity index (χ4v) is 3.12. The van der Waals surface area contributed by atoms with Crippen LogP contribution in [0.2, 0.25) is 0 Å². The third-order valence-corrected chi connectivity index (χ3v) is 4.14. The molecule has 0 atom stereocenters. The van der Waals surface area contributed by atoms with Gasteiger partial charge in [0.2, 0.25) is 5.91 Å². The molecule has 4 rings (SSSR count). The standard InChI is InChI=1S/C19H18N2O4/c1-11-7-12(2)19-14(21-25-17(19)8-11)10-18(22)20-13-3-4-15-16(9-13)24-6-5-23-15/h3-4,7-9H,5-6,10H2,1-2H3,(H,20,22). The van der Waals surface area contributed by atoms with Gasteiger partial charge in [0, 0.05) is 17.1 Å². The van der Waals surface area contributed by atoms with Crippen LogP contribution in [0.15, 0.2) is 34.9 Å². The van der Waals surface area contributed by atoms with Crippen molar-refractivity contribution in [3.63, 3.8) is 0 Å². The molecular formula is C19H18N2O4. The molecule has 2 heterocycles. The smallest absolute Gasteiger partial charge is 0.230 e. The first-order chi connectivity index (χ1) is 12.1. The van der Waals surface area contributed by atoms with Gasteiger partial charge in [-0.1, -0.05) is 11.2 Å². The Morgan fingerprint density at radius 2 is 1.92 bits per heavy atom. The number of anilines is 1. The third-order valence-electron chi connectivity index (χ3n) is 4.14. The second kappa shape index (κ2) is 6.12. The molecule has 1 aliphatic rings. The number of nitrogens with one attached hydrogen (secondary N) is 1. The average Bonchev–Trinajstić information content (AvgIpc) is 2.97. The topological polar surface area (TPSA) is 73.6 Å². The van der Waals surface area contributed by atoms with E-state index in [2.05, 4.69) is 16.5 Å². The van der Waals surface area contributed by atoms with E-state index < -0.39 is 0 Å². The highest BCUT2D eigenvalue weighted by Crippen LogP contribution is 2.32. The van der Waals surface area contributed by atoms with Gasteiger partial charge in [-0.15, -0.1) is 0 Å². The highest BCUT2D eigenvalue weighted by Gasteiger charge is 2.16. The summed E-state index contributed by atoms with van der Waals surface area (Å²) in [5.74, 6) is 1.17. The maximum atomic E-state index is 12.4. The van der Waals surface area contributed by atoms with E-state index >= 15 is 0 Å². The largest absolute Gasteiger partial charge is 0.486 e. The molecule has 6 heteroatoms. The van der Waals surface area contributed by atoms with Crippen LogP contribution in [0.25, 0.3) is 11.0 Å². The summed E-state index contributed by atoms with van der Waals surface area (Å²) in [6, 6.07) is 9.34. The van der Waals surface area contributed by atoms with Crippen LogP contribution in [0.3, 0.4) is 0 Å². The average molecular weight is 338 g/mol. The fraction of sp³-hybridized carbons (Fsp3) is 0.263. The van der Waals surface area contributed by atoms with Crippen LogP contribution in [0.5, 0.6) is 11.5 Å². The quantitative estimate of drug-likeness (QED) is 0.792. The minimum atomic E-state index is -0.160. The number of hydrogen-bond acceptors (Lipinski definition) is 5.